The lowest BCUT2D eigenvalue weighted by atomic mass is 10.1. The molecule has 1 aliphatic heterocycles. The highest BCUT2D eigenvalue weighted by atomic mass is 32.2. The number of aromatic nitrogens is 4. The van der Waals surface area contributed by atoms with Crippen LogP contribution in [0.4, 0.5) is 5.82 Å². The van der Waals surface area contributed by atoms with Crippen LogP contribution >= 0.6 is 11.8 Å². The van der Waals surface area contributed by atoms with Gasteiger partial charge in [0.2, 0.25) is 0 Å². The number of nitrogen functional groups attached to an aromatic ring is 1. The first kappa shape index (κ1) is 13.6. The number of likely N-dealkylation sites (tertiary alicyclic amines) is 1. The summed E-state index contributed by atoms with van der Waals surface area (Å²) >= 11 is 1.77. The molecular formula is C12H18N6OS. The molecule has 0 bridgehead atoms. The van der Waals surface area contributed by atoms with Gasteiger partial charge in [-0.05, 0) is 12.0 Å². The van der Waals surface area contributed by atoms with Crippen LogP contribution in [0.3, 0.4) is 0 Å². The molecule has 0 amide bonds. The summed E-state index contributed by atoms with van der Waals surface area (Å²) in [7, 11) is 0. The van der Waals surface area contributed by atoms with E-state index in [1.165, 1.54) is 6.33 Å². The number of hydrogen-bond acceptors (Lipinski definition) is 7. The highest BCUT2D eigenvalue weighted by molar-refractivity contribution is 7.98. The Morgan fingerprint density at radius 1 is 1.45 bits per heavy atom. The van der Waals surface area contributed by atoms with Crippen molar-refractivity contribution in [3.05, 3.63) is 12.0 Å². The van der Waals surface area contributed by atoms with Gasteiger partial charge in [-0.15, -0.1) is 0 Å². The molecule has 0 radical (unpaired) electrons. The number of nitrogens with zero attached hydrogens (tertiary/aromatic N) is 4. The zero-order valence-electron chi connectivity index (χ0n) is 11.3. The first-order valence-corrected chi connectivity index (χ1v) is 7.91. The normalized spacial score (nSPS) is 23.7. The molecule has 2 aromatic rings. The zero-order valence-corrected chi connectivity index (χ0v) is 12.1. The third kappa shape index (κ3) is 2.46. The molecule has 4 N–H and O–H groups in total. The lowest BCUT2D eigenvalue weighted by Gasteiger charge is -2.13. The number of rotatable bonds is 4. The van der Waals surface area contributed by atoms with Gasteiger partial charge in [-0.25, -0.2) is 9.97 Å². The van der Waals surface area contributed by atoms with Crippen LogP contribution in [0, 0.1) is 5.92 Å². The molecule has 108 valence electrons. The first-order valence-electron chi connectivity index (χ1n) is 6.51. The van der Waals surface area contributed by atoms with E-state index in [4.69, 9.17) is 5.73 Å². The van der Waals surface area contributed by atoms with Gasteiger partial charge in [0.25, 0.3) is 0 Å². The van der Waals surface area contributed by atoms with Gasteiger partial charge in [0.05, 0.1) is 11.8 Å². The highest BCUT2D eigenvalue weighted by Crippen LogP contribution is 2.24. The maximum absolute atomic E-state index is 10.1. The van der Waals surface area contributed by atoms with Crippen molar-refractivity contribution < 1.29 is 5.11 Å². The van der Waals surface area contributed by atoms with Gasteiger partial charge in [0.1, 0.15) is 11.8 Å². The summed E-state index contributed by atoms with van der Waals surface area (Å²) in [5.41, 5.74) is 8.07. The summed E-state index contributed by atoms with van der Waals surface area (Å²) < 4.78 is 0. The molecule has 0 aliphatic carbocycles. The molecule has 0 saturated carbocycles. The molecule has 1 fully saturated rings. The van der Waals surface area contributed by atoms with Crippen LogP contribution in [-0.2, 0) is 6.54 Å². The van der Waals surface area contributed by atoms with Gasteiger partial charge in [-0.3, -0.25) is 10.00 Å². The van der Waals surface area contributed by atoms with Crippen molar-refractivity contribution in [3.8, 4) is 0 Å². The van der Waals surface area contributed by atoms with Gasteiger partial charge in [0.15, 0.2) is 11.3 Å². The van der Waals surface area contributed by atoms with Crippen LogP contribution in [0.15, 0.2) is 6.33 Å². The van der Waals surface area contributed by atoms with Crippen LogP contribution < -0.4 is 5.73 Å². The average molecular weight is 294 g/mol. The second-order valence-corrected chi connectivity index (χ2v) is 6.05. The highest BCUT2D eigenvalue weighted by Gasteiger charge is 2.31. The van der Waals surface area contributed by atoms with Crippen molar-refractivity contribution in [2.24, 2.45) is 5.92 Å². The minimum atomic E-state index is -0.253. The Morgan fingerprint density at radius 3 is 3.10 bits per heavy atom. The summed E-state index contributed by atoms with van der Waals surface area (Å²) in [4.78, 5) is 10.4. The van der Waals surface area contributed by atoms with E-state index in [0.29, 0.717) is 30.3 Å². The van der Waals surface area contributed by atoms with Crippen LogP contribution in [0.5, 0.6) is 0 Å². The molecule has 2 aromatic heterocycles. The van der Waals surface area contributed by atoms with Gasteiger partial charge >= 0.3 is 0 Å². The predicted octanol–water partition coefficient (Wildman–Crippen LogP) is 0.0908. The number of anilines is 1. The number of thioether (sulfide) groups is 1. The van der Waals surface area contributed by atoms with Crippen molar-refractivity contribution in [1.29, 1.82) is 0 Å². The SMILES string of the molecule is CSC[C@H]1CN(Cc2[nH]nc3c(N)ncnc23)C[C@@H]1O. The molecule has 20 heavy (non-hydrogen) atoms. The molecule has 1 aliphatic rings. The molecule has 3 rings (SSSR count). The topological polar surface area (TPSA) is 104 Å². The number of aromatic amines is 1. The van der Waals surface area contributed by atoms with Crippen molar-refractivity contribution in [2.45, 2.75) is 12.6 Å². The molecule has 0 spiro atoms. The van der Waals surface area contributed by atoms with E-state index in [2.05, 4.69) is 31.3 Å². The Hall–Kier alpha value is -1.38. The first-order chi connectivity index (χ1) is 9.69. The Kier molecular flexibility index (Phi) is 3.77. The van der Waals surface area contributed by atoms with E-state index < -0.39 is 0 Å². The lowest BCUT2D eigenvalue weighted by Crippen LogP contribution is -2.21. The summed E-state index contributed by atoms with van der Waals surface area (Å²) in [6.45, 7) is 2.27. The van der Waals surface area contributed by atoms with Crippen molar-refractivity contribution in [3.63, 3.8) is 0 Å². The van der Waals surface area contributed by atoms with E-state index in [1.807, 2.05) is 0 Å². The van der Waals surface area contributed by atoms with Crippen LogP contribution in [-0.4, -0.2) is 61.4 Å². The minimum absolute atomic E-state index is 0.253. The quantitative estimate of drug-likeness (QED) is 0.734. The van der Waals surface area contributed by atoms with E-state index in [0.717, 1.165) is 23.5 Å². The Labute approximate surface area is 121 Å². The maximum atomic E-state index is 10.1. The van der Waals surface area contributed by atoms with E-state index in [-0.39, 0.29) is 6.10 Å². The second-order valence-electron chi connectivity index (χ2n) is 5.14. The predicted molar refractivity (Wildman–Crippen MR) is 79.3 cm³/mol. The van der Waals surface area contributed by atoms with Crippen LogP contribution in [0.1, 0.15) is 5.69 Å². The number of β-amino-alcohol motifs (C(OH)–C–C–N with tert-alkyl or cyclic N) is 1. The van der Waals surface area contributed by atoms with Crippen molar-refractivity contribution in [2.75, 3.05) is 30.8 Å². The molecule has 0 aromatic carbocycles. The van der Waals surface area contributed by atoms with E-state index >= 15 is 0 Å². The minimum Gasteiger partial charge on any atom is -0.391 e. The fraction of sp³-hybridized carbons (Fsp3) is 0.583. The number of aliphatic hydroxyl groups is 1. The van der Waals surface area contributed by atoms with E-state index in [1.54, 1.807) is 11.8 Å². The lowest BCUT2D eigenvalue weighted by molar-refractivity contribution is 0.149. The number of aliphatic hydroxyl groups excluding tert-OH is 1. The summed E-state index contributed by atoms with van der Waals surface area (Å²) in [5.74, 6) is 1.70. The fourth-order valence-corrected chi connectivity index (χ4v) is 3.44. The fourth-order valence-electron chi connectivity index (χ4n) is 2.68. The van der Waals surface area contributed by atoms with Crippen LogP contribution in [0.25, 0.3) is 11.0 Å². The Morgan fingerprint density at radius 2 is 2.30 bits per heavy atom. The molecule has 7 nitrogen and oxygen atoms in total. The molecule has 0 unspecified atom stereocenters. The number of H-pyrrole nitrogens is 1. The molecule has 2 atom stereocenters. The van der Waals surface area contributed by atoms with Crippen molar-refractivity contribution >= 4 is 28.6 Å². The maximum Gasteiger partial charge on any atom is 0.155 e. The van der Waals surface area contributed by atoms with Gasteiger partial charge in [-0.1, -0.05) is 0 Å². The standard InChI is InChI=1S/C12H18N6OS/c1-20-5-7-2-18(4-9(7)19)3-8-10-11(17-16-8)12(13)15-6-14-10/h6-7,9,19H,2-5H2,1H3,(H,16,17)(H2,13,14,15)/t7-,9+/m1/s1. The third-order valence-electron chi connectivity index (χ3n) is 3.68. The number of nitrogens with one attached hydrogen (secondary N) is 1. The monoisotopic (exact) mass is 294 g/mol. The molecule has 8 heteroatoms. The largest absolute Gasteiger partial charge is 0.391 e. The Bertz CT molecular complexity index is 603. The number of nitrogens with two attached hydrogens (primary N) is 1. The van der Waals surface area contributed by atoms with E-state index in [9.17, 15) is 5.11 Å². The van der Waals surface area contributed by atoms with Gasteiger partial charge in [0, 0.05) is 25.6 Å². The zero-order chi connectivity index (χ0) is 14.1. The Balaban J connectivity index is 1.76. The van der Waals surface area contributed by atoms with Gasteiger partial charge in [-0.2, -0.15) is 16.9 Å². The summed E-state index contributed by atoms with van der Waals surface area (Å²) in [6.07, 6.45) is 3.26. The summed E-state index contributed by atoms with van der Waals surface area (Å²) in [5, 5.41) is 17.2. The molecule has 1 saturated heterocycles. The van der Waals surface area contributed by atoms with Crippen LogP contribution in [0.2, 0.25) is 0 Å². The van der Waals surface area contributed by atoms with Crippen molar-refractivity contribution in [1.82, 2.24) is 25.1 Å². The number of hydrogen-bond donors (Lipinski definition) is 3. The second kappa shape index (κ2) is 5.55. The van der Waals surface area contributed by atoms with Gasteiger partial charge < -0.3 is 10.8 Å². The smallest absolute Gasteiger partial charge is 0.155 e. The molecular weight excluding hydrogens is 276 g/mol. The molecule has 3 heterocycles. The third-order valence-corrected chi connectivity index (χ3v) is 4.45. The number of fused-ring (bicyclic) bond motifs is 1. The summed E-state index contributed by atoms with van der Waals surface area (Å²) in [6, 6.07) is 0. The average Bonchev–Trinajstić information content (AvgIpc) is 2.97.